The summed E-state index contributed by atoms with van der Waals surface area (Å²) in [5, 5.41) is 40.7. The topological polar surface area (TPSA) is 107 Å². The third kappa shape index (κ3) is 11.5. The molecule has 0 saturated heterocycles. The lowest BCUT2D eigenvalue weighted by Gasteiger charge is -2.28. The van der Waals surface area contributed by atoms with Gasteiger partial charge in [-0.05, 0) is 102 Å². The molecular weight excluding hydrogens is 444 g/mol. The summed E-state index contributed by atoms with van der Waals surface area (Å²) in [6, 6.07) is 0. The van der Waals surface area contributed by atoms with Crippen molar-refractivity contribution in [2.45, 2.75) is 129 Å². The van der Waals surface area contributed by atoms with Gasteiger partial charge in [0.1, 0.15) is 5.76 Å². The first-order chi connectivity index (χ1) is 16.2. The third-order valence-electron chi connectivity index (χ3n) is 7.94. The van der Waals surface area contributed by atoms with E-state index >= 15 is 0 Å². The molecule has 4 N–H and O–H groups in total. The lowest BCUT2D eigenvalue weighted by Crippen LogP contribution is -2.28. The van der Waals surface area contributed by atoms with E-state index in [-0.39, 0.29) is 11.8 Å². The van der Waals surface area contributed by atoms with Gasteiger partial charge in [-0.3, -0.25) is 4.79 Å². The lowest BCUT2D eigenvalue weighted by molar-refractivity contribution is -0.141. The van der Waals surface area contributed by atoms with Gasteiger partial charge in [-0.25, -0.2) is 0 Å². The molecule has 0 fully saturated rings. The van der Waals surface area contributed by atoms with Crippen LogP contribution >= 0.6 is 0 Å². The monoisotopic (exact) mass is 496 g/mol. The van der Waals surface area contributed by atoms with Gasteiger partial charge >= 0.3 is 5.97 Å². The highest BCUT2D eigenvalue weighted by Crippen LogP contribution is 2.34. The molecule has 0 aliphatic heterocycles. The Bertz CT molecular complexity index is 721. The van der Waals surface area contributed by atoms with Crippen molar-refractivity contribution in [3.63, 3.8) is 0 Å². The Kier molecular flexibility index (Phi) is 13.0. The molecule has 1 rings (SSSR count). The second kappa shape index (κ2) is 14.4. The summed E-state index contributed by atoms with van der Waals surface area (Å²) >= 11 is 0. The van der Waals surface area contributed by atoms with Crippen LogP contribution in [0.3, 0.4) is 0 Å². The molecule has 1 aliphatic carbocycles. The lowest BCUT2D eigenvalue weighted by atomic mass is 9.84. The highest BCUT2D eigenvalue weighted by Gasteiger charge is 2.27. The van der Waals surface area contributed by atoms with Crippen LogP contribution in [0.2, 0.25) is 0 Å². The maximum Gasteiger partial charge on any atom is 0.306 e. The molecular formula is C29H52O6. The molecule has 0 bridgehead atoms. The van der Waals surface area contributed by atoms with Crippen LogP contribution in [-0.4, -0.2) is 50.8 Å². The van der Waals surface area contributed by atoms with Crippen LogP contribution in [0.15, 0.2) is 23.0 Å². The predicted molar refractivity (Wildman–Crippen MR) is 141 cm³/mol. The SMILES string of the molecule is COC1=C(C)C(C)C(O)C=C1CCC(C)CCCC(C)(O)CCCC(C)(O)CCCC(C)C(=O)O. The molecule has 6 atom stereocenters. The van der Waals surface area contributed by atoms with E-state index in [0.717, 1.165) is 55.4 Å². The summed E-state index contributed by atoms with van der Waals surface area (Å²) < 4.78 is 5.62. The Labute approximate surface area is 213 Å². The molecule has 6 unspecified atom stereocenters. The first kappa shape index (κ1) is 31.7. The van der Waals surface area contributed by atoms with Crippen molar-refractivity contribution >= 4 is 5.97 Å². The van der Waals surface area contributed by atoms with Gasteiger partial charge in [0.25, 0.3) is 0 Å². The average molecular weight is 497 g/mol. The van der Waals surface area contributed by atoms with Crippen LogP contribution in [0.5, 0.6) is 0 Å². The molecule has 0 aromatic carbocycles. The number of ether oxygens (including phenoxy) is 1. The molecule has 0 spiro atoms. The molecule has 35 heavy (non-hydrogen) atoms. The molecule has 0 saturated carbocycles. The van der Waals surface area contributed by atoms with Gasteiger partial charge in [0, 0.05) is 5.92 Å². The van der Waals surface area contributed by atoms with Gasteiger partial charge in [-0.1, -0.05) is 33.6 Å². The van der Waals surface area contributed by atoms with E-state index in [1.807, 2.05) is 33.8 Å². The zero-order valence-corrected chi connectivity index (χ0v) is 23.3. The van der Waals surface area contributed by atoms with E-state index in [1.165, 1.54) is 0 Å². The number of aliphatic carboxylic acids is 1. The molecule has 0 heterocycles. The Morgan fingerprint density at radius 3 is 2.03 bits per heavy atom. The standard InChI is InChI=1S/C29H52O6/c1-20(13-14-24-19-25(30)22(3)23(4)26(24)35-7)11-8-15-28(5,33)17-10-18-29(6,34)16-9-12-21(2)27(31)32/h19-22,25,30,33-34H,8-18H2,1-7H3,(H,31,32). The van der Waals surface area contributed by atoms with Crippen molar-refractivity contribution in [3.05, 3.63) is 23.0 Å². The maximum atomic E-state index is 10.9. The number of allylic oxidation sites excluding steroid dienone is 1. The van der Waals surface area contributed by atoms with Crippen molar-refractivity contribution in [1.82, 2.24) is 0 Å². The zero-order valence-electron chi connectivity index (χ0n) is 23.3. The number of aliphatic hydroxyl groups is 3. The molecule has 0 radical (unpaired) electrons. The average Bonchev–Trinajstić information content (AvgIpc) is 2.75. The third-order valence-corrected chi connectivity index (χ3v) is 7.94. The molecule has 204 valence electrons. The molecule has 6 heteroatoms. The number of carboxylic acids is 1. The fourth-order valence-corrected chi connectivity index (χ4v) is 5.02. The predicted octanol–water partition coefficient (Wildman–Crippen LogP) is 5.99. The van der Waals surface area contributed by atoms with Crippen molar-refractivity contribution in [3.8, 4) is 0 Å². The van der Waals surface area contributed by atoms with Crippen molar-refractivity contribution in [2.24, 2.45) is 17.8 Å². The number of carbonyl (C=O) groups is 1. The Morgan fingerprint density at radius 1 is 1.00 bits per heavy atom. The van der Waals surface area contributed by atoms with Gasteiger partial charge in [-0.2, -0.15) is 0 Å². The summed E-state index contributed by atoms with van der Waals surface area (Å²) in [7, 11) is 1.70. The van der Waals surface area contributed by atoms with E-state index in [9.17, 15) is 20.1 Å². The second-order valence-electron chi connectivity index (χ2n) is 11.7. The second-order valence-corrected chi connectivity index (χ2v) is 11.7. The van der Waals surface area contributed by atoms with Gasteiger partial charge in [0.15, 0.2) is 0 Å². The summed E-state index contributed by atoms with van der Waals surface area (Å²) in [6.45, 7) is 11.7. The quantitative estimate of drug-likeness (QED) is 0.197. The largest absolute Gasteiger partial charge is 0.497 e. The van der Waals surface area contributed by atoms with Gasteiger partial charge in [0.05, 0.1) is 30.3 Å². The van der Waals surface area contributed by atoms with Gasteiger partial charge in [0.2, 0.25) is 0 Å². The van der Waals surface area contributed by atoms with Crippen LogP contribution in [0.1, 0.15) is 112 Å². The first-order valence-corrected chi connectivity index (χ1v) is 13.5. The van der Waals surface area contributed by atoms with Gasteiger partial charge in [-0.15, -0.1) is 0 Å². The summed E-state index contributed by atoms with van der Waals surface area (Å²) in [5.74, 6) is 0.339. The van der Waals surface area contributed by atoms with Gasteiger partial charge < -0.3 is 25.2 Å². The fraction of sp³-hybridized carbons (Fsp3) is 0.828. The molecule has 0 aromatic heterocycles. The van der Waals surface area contributed by atoms with Crippen LogP contribution < -0.4 is 0 Å². The maximum absolute atomic E-state index is 10.9. The normalized spacial score (nSPS) is 23.8. The van der Waals surface area contributed by atoms with Crippen molar-refractivity contribution in [2.75, 3.05) is 7.11 Å². The Balaban J connectivity index is 2.33. The Hall–Kier alpha value is -1.37. The minimum Gasteiger partial charge on any atom is -0.497 e. The van der Waals surface area contributed by atoms with Crippen molar-refractivity contribution < 1.29 is 30.0 Å². The smallest absolute Gasteiger partial charge is 0.306 e. The number of rotatable bonds is 17. The van der Waals surface area contributed by atoms with E-state index in [1.54, 1.807) is 14.0 Å². The molecule has 0 amide bonds. The van der Waals surface area contributed by atoms with E-state index in [0.29, 0.717) is 38.0 Å². The highest BCUT2D eigenvalue weighted by molar-refractivity contribution is 5.69. The minimum absolute atomic E-state index is 0.0812. The summed E-state index contributed by atoms with van der Waals surface area (Å²) in [5.41, 5.74) is 0.632. The van der Waals surface area contributed by atoms with E-state index in [4.69, 9.17) is 9.84 Å². The van der Waals surface area contributed by atoms with E-state index in [2.05, 4.69) is 6.92 Å². The number of carboxylic acid groups (broad SMARTS) is 1. The minimum atomic E-state index is -0.824. The van der Waals surface area contributed by atoms with Crippen LogP contribution in [0, 0.1) is 17.8 Å². The summed E-state index contributed by atoms with van der Waals surface area (Å²) in [6.07, 6.45) is 9.92. The number of methoxy groups -OCH3 is 1. The zero-order chi connectivity index (χ0) is 26.8. The number of hydrogen-bond donors (Lipinski definition) is 4. The fourth-order valence-electron chi connectivity index (χ4n) is 5.02. The molecule has 1 aliphatic rings. The van der Waals surface area contributed by atoms with Crippen LogP contribution in [0.4, 0.5) is 0 Å². The molecule has 0 aromatic rings. The Morgan fingerprint density at radius 2 is 1.51 bits per heavy atom. The van der Waals surface area contributed by atoms with Crippen LogP contribution in [0.25, 0.3) is 0 Å². The summed E-state index contributed by atoms with van der Waals surface area (Å²) in [4.78, 5) is 10.9. The number of hydrogen-bond acceptors (Lipinski definition) is 5. The van der Waals surface area contributed by atoms with E-state index < -0.39 is 23.3 Å². The first-order valence-electron chi connectivity index (χ1n) is 13.5. The molecule has 6 nitrogen and oxygen atoms in total. The number of aliphatic hydroxyl groups excluding tert-OH is 1. The van der Waals surface area contributed by atoms with Crippen molar-refractivity contribution in [1.29, 1.82) is 0 Å². The van der Waals surface area contributed by atoms with Crippen LogP contribution in [-0.2, 0) is 9.53 Å². The highest BCUT2D eigenvalue weighted by atomic mass is 16.5.